The van der Waals surface area contributed by atoms with Gasteiger partial charge in [-0.05, 0) is 36.4 Å². The Balaban J connectivity index is 1.80. The van der Waals surface area contributed by atoms with E-state index in [0.717, 1.165) is 27.8 Å². The van der Waals surface area contributed by atoms with Crippen LogP contribution in [-0.2, 0) is 0 Å². The molecule has 0 atom stereocenters. The van der Waals surface area contributed by atoms with Crippen molar-refractivity contribution in [3.63, 3.8) is 0 Å². The Hall–Kier alpha value is -2.72. The molecule has 0 radical (unpaired) electrons. The van der Waals surface area contributed by atoms with Crippen LogP contribution in [0.25, 0.3) is 27.8 Å². The van der Waals surface area contributed by atoms with Crippen LogP contribution < -0.4 is 0 Å². The topological polar surface area (TPSA) is 43.6 Å². The van der Waals surface area contributed by atoms with E-state index in [1.165, 1.54) is 0 Å². The molecular weight excluding hydrogens is 296 g/mol. The zero-order chi connectivity index (χ0) is 14.9. The van der Waals surface area contributed by atoms with Crippen molar-refractivity contribution in [2.75, 3.05) is 0 Å². The van der Waals surface area contributed by atoms with E-state index in [4.69, 9.17) is 11.6 Å². The number of aromatic nitrogens is 4. The molecule has 0 aliphatic heterocycles. The average Bonchev–Trinajstić information content (AvgIpc) is 2.99. The quantitative estimate of drug-likeness (QED) is 0.559. The second-order valence-corrected chi connectivity index (χ2v) is 5.36. The minimum atomic E-state index is 0.634. The van der Waals surface area contributed by atoms with E-state index in [-0.39, 0.29) is 0 Å². The lowest BCUT2D eigenvalue weighted by molar-refractivity contribution is 0.889. The Morgan fingerprint density at radius 2 is 1.95 bits per heavy atom. The number of nitrogens with zero attached hydrogens (tertiary/aromatic N) is 4. The molecule has 106 valence electrons. The maximum absolute atomic E-state index is 5.88. The van der Waals surface area contributed by atoms with Crippen LogP contribution in [0.3, 0.4) is 0 Å². The Morgan fingerprint density at radius 3 is 2.73 bits per heavy atom. The summed E-state index contributed by atoms with van der Waals surface area (Å²) in [4.78, 5) is 8.47. The van der Waals surface area contributed by atoms with Crippen LogP contribution in [0.1, 0.15) is 0 Å². The maximum Gasteiger partial charge on any atom is 0.0928 e. The van der Waals surface area contributed by atoms with E-state index in [1.807, 2.05) is 47.3 Å². The van der Waals surface area contributed by atoms with Gasteiger partial charge in [0.1, 0.15) is 0 Å². The standard InChI is InChI=1S/C17H11ClN4/c18-14-4-6-16(20-9-14)12-3-5-17-13(8-12)11-22(21-17)15-2-1-7-19-10-15/h1-11H. The van der Waals surface area contributed by atoms with Crippen molar-refractivity contribution < 1.29 is 0 Å². The molecule has 4 nitrogen and oxygen atoms in total. The summed E-state index contributed by atoms with van der Waals surface area (Å²) < 4.78 is 1.83. The summed E-state index contributed by atoms with van der Waals surface area (Å²) in [5.74, 6) is 0. The zero-order valence-electron chi connectivity index (χ0n) is 11.5. The molecule has 0 aliphatic carbocycles. The third-order valence-electron chi connectivity index (χ3n) is 3.44. The van der Waals surface area contributed by atoms with E-state index in [0.29, 0.717) is 5.02 Å². The first-order valence-electron chi connectivity index (χ1n) is 6.81. The van der Waals surface area contributed by atoms with Crippen LogP contribution in [0.15, 0.2) is 67.3 Å². The Labute approximate surface area is 132 Å². The molecule has 0 aliphatic rings. The maximum atomic E-state index is 5.88. The zero-order valence-corrected chi connectivity index (χ0v) is 12.3. The van der Waals surface area contributed by atoms with Crippen LogP contribution in [0.5, 0.6) is 0 Å². The van der Waals surface area contributed by atoms with E-state index < -0.39 is 0 Å². The monoisotopic (exact) mass is 306 g/mol. The Kier molecular flexibility index (Phi) is 3.09. The SMILES string of the molecule is Clc1ccc(-c2ccc3nn(-c4cccnc4)cc3c2)nc1. The molecule has 4 rings (SSSR count). The summed E-state index contributed by atoms with van der Waals surface area (Å²) in [5, 5.41) is 6.25. The second-order valence-electron chi connectivity index (χ2n) is 4.92. The van der Waals surface area contributed by atoms with E-state index in [2.05, 4.69) is 21.1 Å². The minimum absolute atomic E-state index is 0.634. The summed E-state index contributed by atoms with van der Waals surface area (Å²) in [5.41, 5.74) is 3.79. The highest BCUT2D eigenvalue weighted by atomic mass is 35.5. The molecule has 0 saturated carbocycles. The van der Waals surface area contributed by atoms with Gasteiger partial charge < -0.3 is 0 Å². The number of pyridine rings is 2. The highest BCUT2D eigenvalue weighted by Crippen LogP contribution is 2.24. The van der Waals surface area contributed by atoms with Crippen LogP contribution in [0.2, 0.25) is 5.02 Å². The van der Waals surface area contributed by atoms with Gasteiger partial charge in [0, 0.05) is 29.5 Å². The Morgan fingerprint density at radius 1 is 1.00 bits per heavy atom. The second kappa shape index (κ2) is 5.24. The molecular formula is C17H11ClN4. The van der Waals surface area contributed by atoms with Gasteiger partial charge in [0.25, 0.3) is 0 Å². The minimum Gasteiger partial charge on any atom is -0.262 e. The number of hydrogen-bond donors (Lipinski definition) is 0. The first-order valence-corrected chi connectivity index (χ1v) is 7.19. The lowest BCUT2D eigenvalue weighted by Gasteiger charge is -2.00. The fraction of sp³-hybridized carbons (Fsp3) is 0. The van der Waals surface area contributed by atoms with Gasteiger partial charge in [0.05, 0.1) is 28.1 Å². The van der Waals surface area contributed by atoms with Crippen molar-refractivity contribution in [1.29, 1.82) is 0 Å². The smallest absolute Gasteiger partial charge is 0.0928 e. The molecule has 0 fully saturated rings. The van der Waals surface area contributed by atoms with Crippen molar-refractivity contribution >= 4 is 22.5 Å². The number of benzene rings is 1. The fourth-order valence-corrected chi connectivity index (χ4v) is 2.46. The third-order valence-corrected chi connectivity index (χ3v) is 3.66. The third kappa shape index (κ3) is 2.34. The molecule has 1 aromatic carbocycles. The predicted octanol–water partition coefficient (Wildman–Crippen LogP) is 4.14. The molecule has 0 saturated heterocycles. The van der Waals surface area contributed by atoms with E-state index in [9.17, 15) is 0 Å². The van der Waals surface area contributed by atoms with Crippen LogP contribution in [0.4, 0.5) is 0 Å². The molecule has 5 heteroatoms. The van der Waals surface area contributed by atoms with Crippen molar-refractivity contribution in [3.05, 3.63) is 72.3 Å². The number of hydrogen-bond acceptors (Lipinski definition) is 3. The van der Waals surface area contributed by atoms with Gasteiger partial charge in [0.2, 0.25) is 0 Å². The lowest BCUT2D eigenvalue weighted by atomic mass is 10.1. The van der Waals surface area contributed by atoms with Gasteiger partial charge >= 0.3 is 0 Å². The van der Waals surface area contributed by atoms with E-state index >= 15 is 0 Å². The summed E-state index contributed by atoms with van der Waals surface area (Å²) in [6.07, 6.45) is 7.18. The van der Waals surface area contributed by atoms with Crippen molar-refractivity contribution in [1.82, 2.24) is 19.7 Å². The summed E-state index contributed by atoms with van der Waals surface area (Å²) in [6, 6.07) is 13.7. The van der Waals surface area contributed by atoms with E-state index in [1.54, 1.807) is 18.6 Å². The van der Waals surface area contributed by atoms with Crippen molar-refractivity contribution in [2.24, 2.45) is 0 Å². The van der Waals surface area contributed by atoms with Gasteiger partial charge in [-0.1, -0.05) is 17.7 Å². The highest BCUT2D eigenvalue weighted by molar-refractivity contribution is 6.30. The largest absolute Gasteiger partial charge is 0.262 e. The molecule has 22 heavy (non-hydrogen) atoms. The highest BCUT2D eigenvalue weighted by Gasteiger charge is 2.06. The van der Waals surface area contributed by atoms with Gasteiger partial charge in [-0.25, -0.2) is 4.68 Å². The summed E-state index contributed by atoms with van der Waals surface area (Å²) in [6.45, 7) is 0. The van der Waals surface area contributed by atoms with Crippen molar-refractivity contribution in [3.8, 4) is 16.9 Å². The average molecular weight is 307 g/mol. The molecule has 0 bridgehead atoms. The molecule has 0 amide bonds. The fourth-order valence-electron chi connectivity index (χ4n) is 2.35. The normalized spacial score (nSPS) is 11.0. The van der Waals surface area contributed by atoms with Crippen LogP contribution in [0, 0.1) is 0 Å². The van der Waals surface area contributed by atoms with Crippen LogP contribution >= 0.6 is 11.6 Å². The lowest BCUT2D eigenvalue weighted by Crippen LogP contribution is -1.93. The van der Waals surface area contributed by atoms with Crippen molar-refractivity contribution in [2.45, 2.75) is 0 Å². The molecule has 0 unspecified atom stereocenters. The van der Waals surface area contributed by atoms with Crippen LogP contribution in [-0.4, -0.2) is 19.7 Å². The summed E-state index contributed by atoms with van der Waals surface area (Å²) >= 11 is 5.88. The Bertz CT molecular complexity index is 930. The first kappa shape index (κ1) is 13.0. The molecule has 3 heterocycles. The number of halogens is 1. The molecule has 4 aromatic rings. The predicted molar refractivity (Wildman–Crippen MR) is 87.1 cm³/mol. The number of fused-ring (bicyclic) bond motifs is 1. The molecule has 3 aromatic heterocycles. The molecule has 0 spiro atoms. The number of rotatable bonds is 2. The van der Waals surface area contributed by atoms with Gasteiger partial charge in [-0.3, -0.25) is 9.97 Å². The first-order chi connectivity index (χ1) is 10.8. The van der Waals surface area contributed by atoms with Gasteiger partial charge in [-0.15, -0.1) is 0 Å². The van der Waals surface area contributed by atoms with Gasteiger partial charge in [-0.2, -0.15) is 5.10 Å². The molecule has 0 N–H and O–H groups in total. The summed E-state index contributed by atoms with van der Waals surface area (Å²) in [7, 11) is 0. The van der Waals surface area contributed by atoms with Gasteiger partial charge in [0.15, 0.2) is 0 Å².